The first-order valence-corrected chi connectivity index (χ1v) is 10.7. The van der Waals surface area contributed by atoms with E-state index in [1.165, 1.54) is 0 Å². The first-order chi connectivity index (χ1) is 14.1. The third-order valence-corrected chi connectivity index (χ3v) is 5.39. The second-order valence-electron chi connectivity index (χ2n) is 7.90. The lowest BCUT2D eigenvalue weighted by Gasteiger charge is -2.32. The molecule has 1 atom stereocenters. The molecule has 0 aromatic heterocycles. The third kappa shape index (κ3) is 6.48. The van der Waals surface area contributed by atoms with Gasteiger partial charge in [0.25, 0.3) is 5.91 Å². The Labute approximate surface area is 172 Å². The highest BCUT2D eigenvalue weighted by Gasteiger charge is 2.30. The first kappa shape index (κ1) is 21.1. The van der Waals surface area contributed by atoms with Crippen LogP contribution < -0.4 is 15.4 Å². The zero-order chi connectivity index (χ0) is 20.6. The van der Waals surface area contributed by atoms with Gasteiger partial charge in [0, 0.05) is 37.3 Å². The van der Waals surface area contributed by atoms with Gasteiger partial charge in [0.15, 0.2) is 6.61 Å². The van der Waals surface area contributed by atoms with Crippen LogP contribution in [0.3, 0.4) is 0 Å². The predicted octanol–water partition coefficient (Wildman–Crippen LogP) is 2.57. The number of hydrogen-bond acceptors (Lipinski definition) is 4. The highest BCUT2D eigenvalue weighted by atomic mass is 16.5. The summed E-state index contributed by atoms with van der Waals surface area (Å²) in [6.45, 7) is 3.79. The maximum Gasteiger partial charge on any atom is 0.260 e. The fourth-order valence-corrected chi connectivity index (χ4v) is 3.44. The lowest BCUT2D eigenvalue weighted by atomic mass is 9.97. The number of unbranched alkanes of at least 4 members (excludes halogenated alkanes) is 1. The molecule has 0 bridgehead atoms. The van der Waals surface area contributed by atoms with Crippen molar-refractivity contribution in [2.24, 2.45) is 11.8 Å². The van der Waals surface area contributed by atoms with Crippen molar-refractivity contribution in [2.45, 2.75) is 45.4 Å². The number of nitrogens with one attached hydrogen (secondary N) is 2. The monoisotopic (exact) mass is 401 g/mol. The van der Waals surface area contributed by atoms with Gasteiger partial charge in [0.1, 0.15) is 5.75 Å². The average Bonchev–Trinajstić information content (AvgIpc) is 3.58. The minimum Gasteiger partial charge on any atom is -0.484 e. The number of anilines is 1. The zero-order valence-electron chi connectivity index (χ0n) is 17.1. The second-order valence-corrected chi connectivity index (χ2v) is 7.90. The van der Waals surface area contributed by atoms with Gasteiger partial charge in [-0.3, -0.25) is 14.4 Å². The molecule has 2 fully saturated rings. The smallest absolute Gasteiger partial charge is 0.260 e. The summed E-state index contributed by atoms with van der Waals surface area (Å²) in [5.41, 5.74) is 0.675. The molecule has 0 spiro atoms. The number of carbonyl (C=O) groups is 3. The van der Waals surface area contributed by atoms with Crippen LogP contribution in [-0.2, 0) is 14.4 Å². The van der Waals surface area contributed by atoms with Gasteiger partial charge in [-0.2, -0.15) is 0 Å². The van der Waals surface area contributed by atoms with Gasteiger partial charge in [-0.1, -0.05) is 19.4 Å². The minimum absolute atomic E-state index is 0.0369. The zero-order valence-corrected chi connectivity index (χ0v) is 17.1. The molecule has 3 amide bonds. The van der Waals surface area contributed by atoms with Crippen LogP contribution in [0.5, 0.6) is 5.75 Å². The van der Waals surface area contributed by atoms with Crippen molar-refractivity contribution in [3.05, 3.63) is 24.3 Å². The molecule has 1 aliphatic carbocycles. The molecule has 1 heterocycles. The Hall–Kier alpha value is -2.57. The number of piperidine rings is 1. The van der Waals surface area contributed by atoms with Crippen molar-refractivity contribution in [2.75, 3.05) is 31.6 Å². The van der Waals surface area contributed by atoms with Gasteiger partial charge in [-0.25, -0.2) is 0 Å². The molecule has 2 aliphatic rings. The SMILES string of the molecule is CCCCNC(=O)C1CCCN(C(=O)COc2cccc(NC(=O)C3CC3)c2)C1. The van der Waals surface area contributed by atoms with E-state index in [0.717, 1.165) is 38.5 Å². The number of ether oxygens (including phenoxy) is 1. The molecule has 158 valence electrons. The van der Waals surface area contributed by atoms with Crippen LogP contribution in [0.2, 0.25) is 0 Å². The van der Waals surface area contributed by atoms with Crippen LogP contribution in [0.1, 0.15) is 45.4 Å². The number of carbonyl (C=O) groups excluding carboxylic acids is 3. The second kappa shape index (κ2) is 10.3. The third-order valence-electron chi connectivity index (χ3n) is 5.39. The number of rotatable bonds is 9. The van der Waals surface area contributed by atoms with Gasteiger partial charge >= 0.3 is 0 Å². The van der Waals surface area contributed by atoms with Gasteiger partial charge in [0.05, 0.1) is 5.92 Å². The van der Waals surface area contributed by atoms with Crippen molar-refractivity contribution < 1.29 is 19.1 Å². The molecular formula is C22H31N3O4. The lowest BCUT2D eigenvalue weighted by molar-refractivity contribution is -0.137. The van der Waals surface area contributed by atoms with Crippen LogP contribution in [0, 0.1) is 11.8 Å². The molecule has 1 unspecified atom stereocenters. The molecule has 2 N–H and O–H groups in total. The quantitative estimate of drug-likeness (QED) is 0.623. The summed E-state index contributed by atoms with van der Waals surface area (Å²) in [5, 5.41) is 5.84. The maximum absolute atomic E-state index is 12.6. The molecule has 0 radical (unpaired) electrons. The topological polar surface area (TPSA) is 87.7 Å². The van der Waals surface area contributed by atoms with E-state index in [1.807, 2.05) is 0 Å². The van der Waals surface area contributed by atoms with Crippen molar-refractivity contribution in [3.8, 4) is 5.75 Å². The summed E-state index contributed by atoms with van der Waals surface area (Å²) < 4.78 is 5.65. The Kier molecular flexibility index (Phi) is 7.49. The Morgan fingerprint density at radius 2 is 1.97 bits per heavy atom. The summed E-state index contributed by atoms with van der Waals surface area (Å²) in [6.07, 6.45) is 5.53. The van der Waals surface area contributed by atoms with E-state index in [-0.39, 0.29) is 36.2 Å². The predicted molar refractivity (Wildman–Crippen MR) is 111 cm³/mol. The molecule has 1 aliphatic heterocycles. The summed E-state index contributed by atoms with van der Waals surface area (Å²) >= 11 is 0. The number of nitrogens with zero attached hydrogens (tertiary/aromatic N) is 1. The molecule has 1 aromatic carbocycles. The van der Waals surface area contributed by atoms with E-state index in [1.54, 1.807) is 29.2 Å². The van der Waals surface area contributed by atoms with E-state index < -0.39 is 0 Å². The Balaban J connectivity index is 1.46. The normalized spacial score (nSPS) is 18.8. The largest absolute Gasteiger partial charge is 0.484 e. The molecule has 1 saturated heterocycles. The minimum atomic E-state index is -0.148. The Bertz CT molecular complexity index is 733. The molecule has 1 aromatic rings. The van der Waals surface area contributed by atoms with Crippen molar-refractivity contribution in [1.29, 1.82) is 0 Å². The lowest BCUT2D eigenvalue weighted by Crippen LogP contribution is -2.47. The number of hydrogen-bond donors (Lipinski definition) is 2. The van der Waals surface area contributed by atoms with Crippen LogP contribution in [0.15, 0.2) is 24.3 Å². The van der Waals surface area contributed by atoms with Gasteiger partial charge in [-0.05, 0) is 44.2 Å². The summed E-state index contributed by atoms with van der Waals surface area (Å²) in [4.78, 5) is 38.4. The van der Waals surface area contributed by atoms with Crippen molar-refractivity contribution >= 4 is 23.4 Å². The van der Waals surface area contributed by atoms with Crippen LogP contribution >= 0.6 is 0 Å². The Morgan fingerprint density at radius 1 is 1.14 bits per heavy atom. The molecular weight excluding hydrogens is 370 g/mol. The van der Waals surface area contributed by atoms with Crippen molar-refractivity contribution in [3.63, 3.8) is 0 Å². The number of likely N-dealkylation sites (tertiary alicyclic amines) is 1. The summed E-state index contributed by atoms with van der Waals surface area (Å²) in [5.74, 6) is 0.477. The molecule has 29 heavy (non-hydrogen) atoms. The molecule has 3 rings (SSSR count). The molecule has 1 saturated carbocycles. The highest BCUT2D eigenvalue weighted by Crippen LogP contribution is 2.30. The number of benzene rings is 1. The highest BCUT2D eigenvalue weighted by molar-refractivity contribution is 5.94. The van der Waals surface area contributed by atoms with Gasteiger partial charge < -0.3 is 20.3 Å². The van der Waals surface area contributed by atoms with E-state index >= 15 is 0 Å². The van der Waals surface area contributed by atoms with E-state index in [0.29, 0.717) is 31.1 Å². The first-order valence-electron chi connectivity index (χ1n) is 10.7. The summed E-state index contributed by atoms with van der Waals surface area (Å²) in [7, 11) is 0. The fraction of sp³-hybridized carbons (Fsp3) is 0.591. The van der Waals surface area contributed by atoms with E-state index in [2.05, 4.69) is 17.6 Å². The van der Waals surface area contributed by atoms with Gasteiger partial charge in [-0.15, -0.1) is 0 Å². The van der Waals surface area contributed by atoms with E-state index in [9.17, 15) is 14.4 Å². The van der Waals surface area contributed by atoms with Crippen LogP contribution in [0.25, 0.3) is 0 Å². The van der Waals surface area contributed by atoms with E-state index in [4.69, 9.17) is 4.74 Å². The van der Waals surface area contributed by atoms with Crippen molar-refractivity contribution in [1.82, 2.24) is 10.2 Å². The van der Waals surface area contributed by atoms with Crippen LogP contribution in [0.4, 0.5) is 5.69 Å². The molecule has 7 heteroatoms. The number of amides is 3. The molecule has 7 nitrogen and oxygen atoms in total. The van der Waals surface area contributed by atoms with Crippen LogP contribution in [-0.4, -0.2) is 48.9 Å². The van der Waals surface area contributed by atoms with Gasteiger partial charge in [0.2, 0.25) is 11.8 Å². The summed E-state index contributed by atoms with van der Waals surface area (Å²) in [6, 6.07) is 7.09. The standard InChI is InChI=1S/C22H31N3O4/c1-2-3-11-23-21(27)17-6-5-12-25(14-17)20(26)15-29-19-8-4-7-18(13-19)24-22(28)16-9-10-16/h4,7-8,13,16-17H,2-3,5-6,9-12,14-15H2,1H3,(H,23,27)(H,24,28). The Morgan fingerprint density at radius 3 is 2.72 bits per heavy atom. The maximum atomic E-state index is 12.6. The average molecular weight is 402 g/mol. The fourth-order valence-electron chi connectivity index (χ4n) is 3.44.